The predicted molar refractivity (Wildman–Crippen MR) is 175 cm³/mol. The average molecular weight is 614 g/mol. The van der Waals surface area contributed by atoms with Gasteiger partial charge in [0.25, 0.3) is 0 Å². The van der Waals surface area contributed by atoms with Crippen LogP contribution in [0.1, 0.15) is 76.6 Å². The first-order valence-corrected chi connectivity index (χ1v) is 14.8. The number of hydrogen-bond donors (Lipinski definition) is 0. The predicted octanol–water partition coefficient (Wildman–Crippen LogP) is 8.01. The number of ether oxygens (including phenoxy) is 3. The fraction of sp³-hybridized carbons (Fsp3) is 0.324. The first kappa shape index (κ1) is 38.0. The number of nitriles is 1. The van der Waals surface area contributed by atoms with Crippen molar-refractivity contribution in [3.8, 4) is 11.8 Å². The van der Waals surface area contributed by atoms with Gasteiger partial charge in [0.05, 0.1) is 18.2 Å². The van der Waals surface area contributed by atoms with E-state index in [0.29, 0.717) is 36.3 Å². The van der Waals surface area contributed by atoms with Crippen molar-refractivity contribution in [1.82, 2.24) is 0 Å². The molecule has 1 unspecified atom stereocenters. The molecule has 0 N–H and O–H groups in total. The second-order valence-corrected chi connectivity index (χ2v) is 10.3. The molecule has 1 rings (SSSR count). The highest BCUT2D eigenvalue weighted by Gasteiger charge is 2.16. The Bertz CT molecular complexity index is 1410. The molecular weight excluding hydrogens is 570 g/mol. The van der Waals surface area contributed by atoms with E-state index in [0.717, 1.165) is 30.9 Å². The second-order valence-electron chi connectivity index (χ2n) is 10.3. The number of Topliss-reactive ketones (excluding diaryl/α,β-unsaturated/α-hetero) is 1. The highest BCUT2D eigenvalue weighted by atomic mass is 16.5. The number of benzene rings is 1. The van der Waals surface area contributed by atoms with Crippen molar-refractivity contribution in [2.24, 2.45) is 5.92 Å². The Morgan fingerprint density at radius 1 is 0.956 bits per heavy atom. The fourth-order valence-electron chi connectivity index (χ4n) is 3.62. The standard InChI is InChI=1S/C37H43NO7/c1-8-29(24-33(40)30-17-19-32(20-18-30)43-23-13-11-12-14-31(39)9-2)16-22-35(28(7)25-38)45-37(42)27(6)15-21-34(26(4)5)44-36(41)10-3/h9-10,15-22,28H,2-3,6,8,11-14,23-24H2,1,4-5,7H3/b21-15-,29-16+,35-22+. The maximum atomic E-state index is 13.0. The fourth-order valence-corrected chi connectivity index (χ4v) is 3.62. The molecule has 0 aliphatic heterocycles. The lowest BCUT2D eigenvalue weighted by molar-refractivity contribution is -0.135. The zero-order chi connectivity index (χ0) is 33.8. The van der Waals surface area contributed by atoms with E-state index in [1.165, 1.54) is 24.3 Å². The Kier molecular flexibility index (Phi) is 17.6. The molecule has 0 bridgehead atoms. The van der Waals surface area contributed by atoms with Gasteiger partial charge in [0, 0.05) is 24.5 Å². The van der Waals surface area contributed by atoms with Gasteiger partial charge in [-0.3, -0.25) is 9.59 Å². The summed E-state index contributed by atoms with van der Waals surface area (Å²) in [5.41, 5.74) is 1.98. The van der Waals surface area contributed by atoms with E-state index in [1.54, 1.807) is 51.1 Å². The summed E-state index contributed by atoms with van der Waals surface area (Å²) in [5.74, 6) is -1.22. The Labute approximate surface area is 266 Å². The third kappa shape index (κ3) is 14.8. The highest BCUT2D eigenvalue weighted by molar-refractivity contribution is 5.97. The molecule has 0 saturated heterocycles. The van der Waals surface area contributed by atoms with E-state index < -0.39 is 17.9 Å². The Morgan fingerprint density at radius 2 is 1.64 bits per heavy atom. The van der Waals surface area contributed by atoms with Crippen molar-refractivity contribution in [3.63, 3.8) is 0 Å². The molecule has 1 aromatic carbocycles. The Morgan fingerprint density at radius 3 is 2.22 bits per heavy atom. The molecule has 0 amide bonds. The molecule has 0 heterocycles. The molecule has 0 aliphatic rings. The number of hydrogen-bond acceptors (Lipinski definition) is 8. The molecule has 0 aromatic heterocycles. The van der Waals surface area contributed by atoms with Crippen molar-refractivity contribution < 1.29 is 33.4 Å². The van der Waals surface area contributed by atoms with Gasteiger partial charge in [0.2, 0.25) is 0 Å². The molecule has 0 radical (unpaired) electrons. The molecule has 1 atom stereocenters. The summed E-state index contributed by atoms with van der Waals surface area (Å²) in [4.78, 5) is 48.5. The minimum absolute atomic E-state index is 0.0262. The molecule has 8 heteroatoms. The number of nitrogens with zero attached hydrogens (tertiary/aromatic N) is 1. The summed E-state index contributed by atoms with van der Waals surface area (Å²) in [7, 11) is 0. The SMILES string of the molecule is C=CC(=O)CCCCCOc1ccc(C(=O)C/C(=C/C=C(/OC(=O)C(=C)/C=C\C(OC(=O)C=C)=C(C)C)C(C)C#N)CC)cc1. The van der Waals surface area contributed by atoms with Crippen molar-refractivity contribution in [1.29, 1.82) is 5.26 Å². The minimum Gasteiger partial charge on any atom is -0.494 e. The van der Waals surface area contributed by atoms with E-state index in [4.69, 9.17) is 14.2 Å². The quantitative estimate of drug-likeness (QED) is 0.0362. The van der Waals surface area contributed by atoms with Gasteiger partial charge in [-0.1, -0.05) is 38.3 Å². The third-order valence-electron chi connectivity index (χ3n) is 6.46. The van der Waals surface area contributed by atoms with Gasteiger partial charge in [0.1, 0.15) is 23.2 Å². The minimum atomic E-state index is -0.782. The van der Waals surface area contributed by atoms with E-state index >= 15 is 0 Å². The number of rotatable bonds is 20. The highest BCUT2D eigenvalue weighted by Crippen LogP contribution is 2.20. The molecule has 0 aliphatic carbocycles. The lowest BCUT2D eigenvalue weighted by atomic mass is 10.0. The third-order valence-corrected chi connectivity index (χ3v) is 6.46. The number of unbranched alkanes of at least 4 members (excludes halogenated alkanes) is 2. The van der Waals surface area contributed by atoms with E-state index in [9.17, 15) is 24.4 Å². The van der Waals surface area contributed by atoms with Crippen molar-refractivity contribution in [2.75, 3.05) is 6.61 Å². The molecule has 0 saturated carbocycles. The second kappa shape index (κ2) is 20.8. The van der Waals surface area contributed by atoms with Crippen LogP contribution >= 0.6 is 0 Å². The summed E-state index contributed by atoms with van der Waals surface area (Å²) in [6.45, 7) is 18.0. The summed E-state index contributed by atoms with van der Waals surface area (Å²) in [6, 6.07) is 8.99. The topological polar surface area (TPSA) is 120 Å². The normalized spacial score (nSPS) is 12.0. The van der Waals surface area contributed by atoms with Gasteiger partial charge in [-0.15, -0.1) is 0 Å². The number of allylic oxidation sites excluding steroid dienone is 7. The first-order chi connectivity index (χ1) is 21.4. The lowest BCUT2D eigenvalue weighted by Crippen LogP contribution is -2.10. The lowest BCUT2D eigenvalue weighted by Gasteiger charge is -2.11. The van der Waals surface area contributed by atoms with Gasteiger partial charge in [-0.25, -0.2) is 9.59 Å². The number of esters is 2. The number of carbonyl (C=O) groups excluding carboxylic acids is 4. The molecular formula is C37H43NO7. The monoisotopic (exact) mass is 613 g/mol. The van der Waals surface area contributed by atoms with Crippen LogP contribution in [-0.2, 0) is 23.9 Å². The van der Waals surface area contributed by atoms with E-state index in [1.807, 2.05) is 6.92 Å². The number of ketones is 2. The van der Waals surface area contributed by atoms with Gasteiger partial charge >= 0.3 is 11.9 Å². The van der Waals surface area contributed by atoms with Crippen molar-refractivity contribution in [2.45, 2.75) is 66.2 Å². The first-order valence-electron chi connectivity index (χ1n) is 14.8. The zero-order valence-electron chi connectivity index (χ0n) is 26.7. The maximum absolute atomic E-state index is 13.0. The summed E-state index contributed by atoms with van der Waals surface area (Å²) >= 11 is 0. The molecule has 1 aromatic rings. The van der Waals surface area contributed by atoms with Gasteiger partial charge in [0.15, 0.2) is 11.6 Å². The largest absolute Gasteiger partial charge is 0.494 e. The molecule has 8 nitrogen and oxygen atoms in total. The van der Waals surface area contributed by atoms with Crippen LogP contribution < -0.4 is 4.74 Å². The van der Waals surface area contributed by atoms with E-state index in [-0.39, 0.29) is 35.1 Å². The molecule has 0 spiro atoms. The average Bonchev–Trinajstić information content (AvgIpc) is 3.04. The molecule has 238 valence electrons. The van der Waals surface area contributed by atoms with E-state index in [2.05, 4.69) is 25.8 Å². The van der Waals surface area contributed by atoms with Crippen LogP contribution in [0.4, 0.5) is 0 Å². The summed E-state index contributed by atoms with van der Waals surface area (Å²) in [6.07, 6.45) is 12.0. The van der Waals surface area contributed by atoms with Gasteiger partial charge in [-0.2, -0.15) is 5.26 Å². The van der Waals surface area contributed by atoms with Gasteiger partial charge in [-0.05, 0) is 101 Å². The van der Waals surface area contributed by atoms with Crippen LogP contribution in [0.25, 0.3) is 0 Å². The van der Waals surface area contributed by atoms with Crippen LogP contribution in [0.2, 0.25) is 0 Å². The summed E-state index contributed by atoms with van der Waals surface area (Å²) < 4.78 is 16.4. The smallest absolute Gasteiger partial charge is 0.342 e. The van der Waals surface area contributed by atoms with Crippen molar-refractivity contribution in [3.05, 3.63) is 114 Å². The van der Waals surface area contributed by atoms with Crippen LogP contribution in [0.15, 0.2) is 109 Å². The van der Waals surface area contributed by atoms with Crippen molar-refractivity contribution >= 4 is 23.5 Å². The molecule has 45 heavy (non-hydrogen) atoms. The van der Waals surface area contributed by atoms with Crippen LogP contribution in [0, 0.1) is 17.2 Å². The van der Waals surface area contributed by atoms with Gasteiger partial charge < -0.3 is 14.2 Å². The van der Waals surface area contributed by atoms with Crippen LogP contribution in [-0.4, -0.2) is 30.1 Å². The zero-order valence-corrected chi connectivity index (χ0v) is 26.7. The number of carbonyl (C=O) groups is 4. The summed E-state index contributed by atoms with van der Waals surface area (Å²) in [5, 5.41) is 9.48. The maximum Gasteiger partial charge on any atom is 0.342 e. The molecule has 0 fully saturated rings. The van der Waals surface area contributed by atoms with Crippen LogP contribution in [0.3, 0.4) is 0 Å². The van der Waals surface area contributed by atoms with Crippen LogP contribution in [0.5, 0.6) is 5.75 Å². The Balaban J connectivity index is 2.86. The Hall–Kier alpha value is -5.03.